The van der Waals surface area contributed by atoms with E-state index >= 15 is 0 Å². The largest absolute Gasteiger partial charge is 0.310 e. The number of benzene rings is 1. The summed E-state index contributed by atoms with van der Waals surface area (Å²) >= 11 is 6.16. The number of likely N-dealkylation sites (tertiary alicyclic amines) is 1. The molecule has 0 amide bonds. The van der Waals surface area contributed by atoms with Crippen molar-refractivity contribution in [2.45, 2.75) is 58.0 Å². The zero-order valence-electron chi connectivity index (χ0n) is 13.4. The molecule has 2 unspecified atom stereocenters. The SMILES string of the molecule is CCCNC(CCN1CCCC1CC)c1cccc(Cl)c1. The molecule has 1 heterocycles. The molecule has 1 fully saturated rings. The Morgan fingerprint density at radius 1 is 1.38 bits per heavy atom. The molecule has 0 bridgehead atoms. The summed E-state index contributed by atoms with van der Waals surface area (Å²) in [6.07, 6.45) is 6.35. The first kappa shape index (κ1) is 16.8. The van der Waals surface area contributed by atoms with Gasteiger partial charge in [-0.2, -0.15) is 0 Å². The second-order valence-electron chi connectivity index (χ2n) is 6.09. The van der Waals surface area contributed by atoms with Crippen LogP contribution in [0.2, 0.25) is 5.02 Å². The Morgan fingerprint density at radius 2 is 2.24 bits per heavy atom. The maximum atomic E-state index is 6.16. The van der Waals surface area contributed by atoms with Gasteiger partial charge >= 0.3 is 0 Å². The highest BCUT2D eigenvalue weighted by molar-refractivity contribution is 6.30. The number of halogens is 1. The second kappa shape index (κ2) is 8.77. The van der Waals surface area contributed by atoms with E-state index in [9.17, 15) is 0 Å². The minimum absolute atomic E-state index is 0.418. The highest BCUT2D eigenvalue weighted by Crippen LogP contribution is 2.24. The van der Waals surface area contributed by atoms with E-state index in [-0.39, 0.29) is 0 Å². The Hall–Kier alpha value is -0.570. The predicted octanol–water partition coefficient (Wildman–Crippen LogP) is 4.65. The Morgan fingerprint density at radius 3 is 2.95 bits per heavy atom. The normalized spacial score (nSPS) is 20.8. The van der Waals surface area contributed by atoms with Crippen LogP contribution >= 0.6 is 11.6 Å². The molecule has 21 heavy (non-hydrogen) atoms. The number of hydrogen-bond acceptors (Lipinski definition) is 2. The van der Waals surface area contributed by atoms with Gasteiger partial charge in [0.2, 0.25) is 0 Å². The van der Waals surface area contributed by atoms with Crippen molar-refractivity contribution in [1.29, 1.82) is 0 Å². The topological polar surface area (TPSA) is 15.3 Å². The molecule has 0 saturated carbocycles. The first-order chi connectivity index (χ1) is 10.2. The van der Waals surface area contributed by atoms with Crippen molar-refractivity contribution in [3.05, 3.63) is 34.9 Å². The Bertz CT molecular complexity index is 421. The lowest BCUT2D eigenvalue weighted by atomic mass is 10.0. The fourth-order valence-electron chi connectivity index (χ4n) is 3.38. The van der Waals surface area contributed by atoms with Crippen LogP contribution in [0.25, 0.3) is 0 Å². The standard InChI is InChI=1S/C18H29ClN2/c1-3-11-20-18(15-7-5-8-16(19)14-15)10-13-21-12-6-9-17(21)4-2/h5,7-8,14,17-18,20H,3-4,6,9-13H2,1-2H3. The summed E-state index contributed by atoms with van der Waals surface area (Å²) in [4.78, 5) is 2.67. The van der Waals surface area contributed by atoms with Crippen molar-refractivity contribution in [2.75, 3.05) is 19.6 Å². The van der Waals surface area contributed by atoms with E-state index in [1.165, 1.54) is 44.3 Å². The van der Waals surface area contributed by atoms with E-state index in [0.29, 0.717) is 6.04 Å². The summed E-state index contributed by atoms with van der Waals surface area (Å²) in [6.45, 7) is 8.05. The number of rotatable bonds is 8. The van der Waals surface area contributed by atoms with Crippen molar-refractivity contribution in [2.24, 2.45) is 0 Å². The number of hydrogen-bond donors (Lipinski definition) is 1. The zero-order chi connectivity index (χ0) is 15.1. The average Bonchev–Trinajstić information content (AvgIpc) is 2.95. The van der Waals surface area contributed by atoms with Gasteiger partial charge < -0.3 is 10.2 Å². The molecule has 0 aliphatic carbocycles. The van der Waals surface area contributed by atoms with Gasteiger partial charge in [-0.1, -0.05) is 37.6 Å². The third kappa shape index (κ3) is 4.98. The van der Waals surface area contributed by atoms with Crippen LogP contribution in [0.3, 0.4) is 0 Å². The van der Waals surface area contributed by atoms with E-state index in [4.69, 9.17) is 11.6 Å². The first-order valence-corrected chi connectivity index (χ1v) is 8.85. The molecule has 3 heteroatoms. The molecule has 2 nitrogen and oxygen atoms in total. The maximum Gasteiger partial charge on any atom is 0.0409 e. The van der Waals surface area contributed by atoms with Crippen LogP contribution in [0, 0.1) is 0 Å². The molecule has 118 valence electrons. The van der Waals surface area contributed by atoms with Gasteiger partial charge in [0.25, 0.3) is 0 Å². The minimum atomic E-state index is 0.418. The van der Waals surface area contributed by atoms with Gasteiger partial charge in [-0.25, -0.2) is 0 Å². The van der Waals surface area contributed by atoms with Crippen LogP contribution < -0.4 is 5.32 Å². The van der Waals surface area contributed by atoms with E-state index in [1.807, 2.05) is 6.07 Å². The van der Waals surface area contributed by atoms with Crippen molar-refractivity contribution in [3.63, 3.8) is 0 Å². The Labute approximate surface area is 134 Å². The van der Waals surface area contributed by atoms with Crippen LogP contribution in [0.1, 0.15) is 57.6 Å². The Balaban J connectivity index is 1.96. The van der Waals surface area contributed by atoms with Crippen molar-refractivity contribution < 1.29 is 0 Å². The molecule has 0 spiro atoms. The lowest BCUT2D eigenvalue weighted by molar-refractivity contribution is 0.234. The van der Waals surface area contributed by atoms with Crippen LogP contribution in [0.15, 0.2) is 24.3 Å². The molecule has 1 saturated heterocycles. The summed E-state index contributed by atoms with van der Waals surface area (Å²) in [5, 5.41) is 4.52. The molecule has 1 aliphatic rings. The molecule has 1 aliphatic heterocycles. The van der Waals surface area contributed by atoms with E-state index in [0.717, 1.165) is 24.0 Å². The fraction of sp³-hybridized carbons (Fsp3) is 0.667. The van der Waals surface area contributed by atoms with Gasteiger partial charge in [-0.05, 0) is 62.9 Å². The van der Waals surface area contributed by atoms with Crippen molar-refractivity contribution >= 4 is 11.6 Å². The van der Waals surface area contributed by atoms with Crippen LogP contribution in [-0.2, 0) is 0 Å². The van der Waals surface area contributed by atoms with Gasteiger partial charge in [0.1, 0.15) is 0 Å². The van der Waals surface area contributed by atoms with Gasteiger partial charge in [0, 0.05) is 23.7 Å². The van der Waals surface area contributed by atoms with E-state index in [2.05, 4.69) is 42.3 Å². The highest BCUT2D eigenvalue weighted by Gasteiger charge is 2.23. The van der Waals surface area contributed by atoms with E-state index in [1.54, 1.807) is 0 Å². The molecule has 0 aromatic heterocycles. The molecule has 1 N–H and O–H groups in total. The van der Waals surface area contributed by atoms with Gasteiger partial charge in [-0.15, -0.1) is 0 Å². The summed E-state index contributed by atoms with van der Waals surface area (Å²) in [5.74, 6) is 0. The lowest BCUT2D eigenvalue weighted by Gasteiger charge is -2.27. The third-order valence-electron chi connectivity index (χ3n) is 4.57. The third-order valence-corrected chi connectivity index (χ3v) is 4.80. The zero-order valence-corrected chi connectivity index (χ0v) is 14.2. The summed E-state index contributed by atoms with van der Waals surface area (Å²) in [7, 11) is 0. The summed E-state index contributed by atoms with van der Waals surface area (Å²) in [6, 6.07) is 9.53. The number of nitrogens with zero attached hydrogens (tertiary/aromatic N) is 1. The molecule has 1 aromatic rings. The molecular formula is C18H29ClN2. The van der Waals surface area contributed by atoms with Crippen LogP contribution in [0.4, 0.5) is 0 Å². The molecular weight excluding hydrogens is 280 g/mol. The fourth-order valence-corrected chi connectivity index (χ4v) is 3.57. The van der Waals surface area contributed by atoms with Crippen LogP contribution in [0.5, 0.6) is 0 Å². The average molecular weight is 309 g/mol. The predicted molar refractivity (Wildman–Crippen MR) is 92.0 cm³/mol. The smallest absolute Gasteiger partial charge is 0.0409 e. The van der Waals surface area contributed by atoms with Crippen LogP contribution in [-0.4, -0.2) is 30.6 Å². The summed E-state index contributed by atoms with van der Waals surface area (Å²) < 4.78 is 0. The number of nitrogens with one attached hydrogen (secondary N) is 1. The lowest BCUT2D eigenvalue weighted by Crippen LogP contribution is -2.33. The molecule has 0 radical (unpaired) electrons. The summed E-state index contributed by atoms with van der Waals surface area (Å²) in [5.41, 5.74) is 1.32. The first-order valence-electron chi connectivity index (χ1n) is 8.47. The van der Waals surface area contributed by atoms with Gasteiger partial charge in [0.05, 0.1) is 0 Å². The Kier molecular flexibility index (Phi) is 7.01. The molecule has 1 aromatic carbocycles. The monoisotopic (exact) mass is 308 g/mol. The molecule has 2 rings (SSSR count). The maximum absolute atomic E-state index is 6.16. The van der Waals surface area contributed by atoms with Gasteiger partial charge in [-0.3, -0.25) is 0 Å². The van der Waals surface area contributed by atoms with E-state index < -0.39 is 0 Å². The molecule has 2 atom stereocenters. The van der Waals surface area contributed by atoms with Gasteiger partial charge in [0.15, 0.2) is 0 Å². The second-order valence-corrected chi connectivity index (χ2v) is 6.53. The highest BCUT2D eigenvalue weighted by atomic mass is 35.5. The minimum Gasteiger partial charge on any atom is -0.310 e. The quantitative estimate of drug-likeness (QED) is 0.752. The van der Waals surface area contributed by atoms with Crippen molar-refractivity contribution in [3.8, 4) is 0 Å². The van der Waals surface area contributed by atoms with Crippen molar-refractivity contribution in [1.82, 2.24) is 10.2 Å².